The second-order valence-electron chi connectivity index (χ2n) is 3.59. The van der Waals surface area contributed by atoms with Crippen LogP contribution in [0.3, 0.4) is 0 Å². The van der Waals surface area contributed by atoms with Crippen LogP contribution in [0.4, 0.5) is 0 Å². The molecule has 1 aromatic heterocycles. The molecule has 0 radical (unpaired) electrons. The van der Waals surface area contributed by atoms with E-state index in [-0.39, 0.29) is 11.8 Å². The lowest BCUT2D eigenvalue weighted by molar-refractivity contribution is 0.411. The Labute approximate surface area is 95.8 Å². The van der Waals surface area contributed by atoms with Gasteiger partial charge >= 0.3 is 0 Å². The van der Waals surface area contributed by atoms with Crippen molar-refractivity contribution in [2.24, 2.45) is 0 Å². The lowest BCUT2D eigenvalue weighted by Gasteiger charge is -2.15. The smallest absolute Gasteiger partial charge is 0.149 e. The summed E-state index contributed by atoms with van der Waals surface area (Å²) in [5, 5.41) is 2.95. The SMILES string of the molecule is CNC(CS(C)(=O)=O)c1cncc(OC)c1. The van der Waals surface area contributed by atoms with E-state index in [1.54, 1.807) is 32.6 Å². The fourth-order valence-corrected chi connectivity index (χ4v) is 2.35. The predicted octanol–water partition coefficient (Wildman–Crippen LogP) is 0.395. The maximum absolute atomic E-state index is 11.2. The van der Waals surface area contributed by atoms with Crippen LogP contribution in [0.1, 0.15) is 11.6 Å². The topological polar surface area (TPSA) is 68.3 Å². The Bertz CT molecular complexity index is 445. The van der Waals surface area contributed by atoms with Gasteiger partial charge in [0.2, 0.25) is 0 Å². The first-order chi connectivity index (χ1) is 7.46. The van der Waals surface area contributed by atoms with Crippen molar-refractivity contribution >= 4 is 9.84 Å². The second-order valence-corrected chi connectivity index (χ2v) is 5.78. The van der Waals surface area contributed by atoms with E-state index in [1.165, 1.54) is 6.26 Å². The molecule has 0 amide bonds. The number of rotatable bonds is 5. The number of aromatic nitrogens is 1. The van der Waals surface area contributed by atoms with Crippen LogP contribution >= 0.6 is 0 Å². The summed E-state index contributed by atoms with van der Waals surface area (Å²) in [6, 6.07) is 1.51. The minimum Gasteiger partial charge on any atom is -0.495 e. The van der Waals surface area contributed by atoms with E-state index in [9.17, 15) is 8.42 Å². The van der Waals surface area contributed by atoms with Gasteiger partial charge in [0.05, 0.1) is 19.1 Å². The van der Waals surface area contributed by atoms with Crippen LogP contribution < -0.4 is 10.1 Å². The van der Waals surface area contributed by atoms with Crippen molar-refractivity contribution in [3.05, 3.63) is 24.0 Å². The first kappa shape index (κ1) is 12.9. The van der Waals surface area contributed by atoms with Crippen molar-refractivity contribution < 1.29 is 13.2 Å². The Morgan fingerprint density at radius 1 is 1.50 bits per heavy atom. The molecule has 0 aromatic carbocycles. The zero-order valence-electron chi connectivity index (χ0n) is 9.60. The summed E-state index contributed by atoms with van der Waals surface area (Å²) in [5.74, 6) is 0.657. The van der Waals surface area contributed by atoms with E-state index in [1.807, 2.05) is 0 Å². The van der Waals surface area contributed by atoms with Gasteiger partial charge in [-0.2, -0.15) is 0 Å². The van der Waals surface area contributed by atoms with E-state index < -0.39 is 9.84 Å². The molecule has 1 rings (SSSR count). The average Bonchev–Trinajstić information content (AvgIpc) is 2.25. The van der Waals surface area contributed by atoms with E-state index in [2.05, 4.69) is 10.3 Å². The van der Waals surface area contributed by atoms with Gasteiger partial charge < -0.3 is 10.1 Å². The summed E-state index contributed by atoms with van der Waals surface area (Å²) in [6.45, 7) is 0. The van der Waals surface area contributed by atoms with Gasteiger partial charge in [0.1, 0.15) is 15.6 Å². The van der Waals surface area contributed by atoms with Gasteiger partial charge in [-0.05, 0) is 18.7 Å². The van der Waals surface area contributed by atoms with Crippen molar-refractivity contribution in [1.82, 2.24) is 10.3 Å². The van der Waals surface area contributed by atoms with Crippen molar-refractivity contribution in [2.45, 2.75) is 6.04 Å². The summed E-state index contributed by atoms with van der Waals surface area (Å²) in [5.41, 5.74) is 0.798. The molecule has 0 aliphatic carbocycles. The van der Waals surface area contributed by atoms with Crippen molar-refractivity contribution in [2.75, 3.05) is 26.2 Å². The Balaban J connectivity index is 2.94. The minimum absolute atomic E-state index is 0.0400. The van der Waals surface area contributed by atoms with Crippen LogP contribution in [0.15, 0.2) is 18.5 Å². The second kappa shape index (κ2) is 5.27. The maximum atomic E-state index is 11.2. The summed E-state index contributed by atoms with van der Waals surface area (Å²) < 4.78 is 27.5. The predicted molar refractivity (Wildman–Crippen MR) is 62.3 cm³/mol. The summed E-state index contributed by atoms with van der Waals surface area (Å²) in [4.78, 5) is 3.99. The number of nitrogens with zero attached hydrogens (tertiary/aromatic N) is 1. The highest BCUT2D eigenvalue weighted by Crippen LogP contribution is 2.18. The molecule has 0 saturated heterocycles. The number of ether oxygens (including phenoxy) is 1. The molecule has 5 nitrogen and oxygen atoms in total. The Hall–Kier alpha value is -1.14. The first-order valence-corrected chi connectivity index (χ1v) is 6.86. The first-order valence-electron chi connectivity index (χ1n) is 4.80. The molecule has 6 heteroatoms. The summed E-state index contributed by atoms with van der Waals surface area (Å²) in [6.07, 6.45) is 4.43. The highest BCUT2D eigenvalue weighted by molar-refractivity contribution is 7.90. The van der Waals surface area contributed by atoms with Crippen LogP contribution in [0, 0.1) is 0 Å². The zero-order chi connectivity index (χ0) is 12.2. The number of hydrogen-bond acceptors (Lipinski definition) is 5. The minimum atomic E-state index is -3.03. The van der Waals surface area contributed by atoms with Crippen molar-refractivity contribution in [3.8, 4) is 5.75 Å². The quantitative estimate of drug-likeness (QED) is 0.811. The van der Waals surface area contributed by atoms with Gasteiger partial charge in [0, 0.05) is 18.5 Å². The molecule has 0 saturated carbocycles. The molecule has 0 bridgehead atoms. The third kappa shape index (κ3) is 3.79. The Kier molecular flexibility index (Phi) is 4.26. The molecular formula is C10H16N2O3S. The molecule has 1 unspecified atom stereocenters. The molecule has 1 N–H and O–H groups in total. The summed E-state index contributed by atoms with van der Waals surface area (Å²) in [7, 11) is 0.231. The molecule has 90 valence electrons. The van der Waals surface area contributed by atoms with Gasteiger partial charge in [-0.25, -0.2) is 8.42 Å². The third-order valence-corrected chi connectivity index (χ3v) is 3.13. The molecule has 1 heterocycles. The number of sulfone groups is 1. The van der Waals surface area contributed by atoms with Gasteiger partial charge in [-0.1, -0.05) is 0 Å². The van der Waals surface area contributed by atoms with Crippen molar-refractivity contribution in [1.29, 1.82) is 0 Å². The molecule has 1 atom stereocenters. The molecule has 0 spiro atoms. The zero-order valence-corrected chi connectivity index (χ0v) is 10.4. The van der Waals surface area contributed by atoms with Crippen LogP contribution in [-0.4, -0.2) is 39.6 Å². The molecular weight excluding hydrogens is 228 g/mol. The van der Waals surface area contributed by atoms with Gasteiger partial charge in [-0.15, -0.1) is 0 Å². The highest BCUT2D eigenvalue weighted by atomic mass is 32.2. The largest absolute Gasteiger partial charge is 0.495 e. The molecule has 0 fully saturated rings. The van der Waals surface area contributed by atoms with Gasteiger partial charge in [0.25, 0.3) is 0 Å². The molecule has 0 aliphatic heterocycles. The van der Waals surface area contributed by atoms with Crippen LogP contribution in [0.5, 0.6) is 5.75 Å². The van der Waals surface area contributed by atoms with E-state index in [0.717, 1.165) is 5.56 Å². The van der Waals surface area contributed by atoms with E-state index in [4.69, 9.17) is 4.74 Å². The molecule has 16 heavy (non-hydrogen) atoms. The number of nitrogens with one attached hydrogen (secondary N) is 1. The van der Waals surface area contributed by atoms with Gasteiger partial charge in [-0.3, -0.25) is 4.98 Å². The van der Waals surface area contributed by atoms with Crippen molar-refractivity contribution in [3.63, 3.8) is 0 Å². The molecule has 0 aliphatic rings. The normalized spacial score (nSPS) is 13.4. The molecule has 1 aromatic rings. The lowest BCUT2D eigenvalue weighted by atomic mass is 10.1. The number of methoxy groups -OCH3 is 1. The van der Waals surface area contributed by atoms with Crippen LogP contribution in [0.25, 0.3) is 0 Å². The van der Waals surface area contributed by atoms with Gasteiger partial charge in [0.15, 0.2) is 0 Å². The third-order valence-electron chi connectivity index (χ3n) is 2.19. The summed E-state index contributed by atoms with van der Waals surface area (Å²) >= 11 is 0. The van der Waals surface area contributed by atoms with Crippen LogP contribution in [0.2, 0.25) is 0 Å². The van der Waals surface area contributed by atoms with E-state index in [0.29, 0.717) is 5.75 Å². The maximum Gasteiger partial charge on any atom is 0.149 e. The lowest BCUT2D eigenvalue weighted by Crippen LogP contribution is -2.24. The standard InChI is InChI=1S/C10H16N2O3S/c1-11-10(7-16(3,13)14)8-4-9(15-2)6-12-5-8/h4-6,10-11H,7H2,1-3H3. The Morgan fingerprint density at radius 2 is 2.19 bits per heavy atom. The Morgan fingerprint density at radius 3 is 2.69 bits per heavy atom. The monoisotopic (exact) mass is 244 g/mol. The average molecular weight is 244 g/mol. The fraction of sp³-hybridized carbons (Fsp3) is 0.500. The number of pyridine rings is 1. The highest BCUT2D eigenvalue weighted by Gasteiger charge is 2.16. The fourth-order valence-electron chi connectivity index (χ4n) is 1.39. The van der Waals surface area contributed by atoms with Crippen LogP contribution in [-0.2, 0) is 9.84 Å². The number of hydrogen-bond donors (Lipinski definition) is 1. The van der Waals surface area contributed by atoms with E-state index >= 15 is 0 Å².